The summed E-state index contributed by atoms with van der Waals surface area (Å²) >= 11 is 0. The lowest BCUT2D eigenvalue weighted by Gasteiger charge is -2.32. The molecule has 12 heavy (non-hydrogen) atoms. The first-order valence-corrected chi connectivity index (χ1v) is 4.83. The molecule has 0 aliphatic heterocycles. The van der Waals surface area contributed by atoms with Crippen LogP contribution in [0.5, 0.6) is 0 Å². The van der Waals surface area contributed by atoms with Crippen molar-refractivity contribution in [1.82, 2.24) is 10.6 Å². The summed E-state index contributed by atoms with van der Waals surface area (Å²) in [5.74, 6) is 0. The molecular weight excluding hydrogens is 152 g/mol. The van der Waals surface area contributed by atoms with Crippen LogP contribution in [0.3, 0.4) is 0 Å². The van der Waals surface area contributed by atoms with Gasteiger partial charge in [-0.3, -0.25) is 0 Å². The van der Waals surface area contributed by atoms with Gasteiger partial charge >= 0.3 is 0 Å². The molecule has 0 bridgehead atoms. The number of hydrogen-bond donors (Lipinski definition) is 3. The van der Waals surface area contributed by atoms with Gasteiger partial charge in [0.2, 0.25) is 0 Å². The second kappa shape index (κ2) is 4.80. The van der Waals surface area contributed by atoms with Gasteiger partial charge in [-0.1, -0.05) is 13.8 Å². The Labute approximate surface area is 74.5 Å². The van der Waals surface area contributed by atoms with Crippen molar-refractivity contribution >= 4 is 0 Å². The average molecular weight is 172 g/mol. The molecule has 1 fully saturated rings. The predicted octanol–water partition coefficient (Wildman–Crippen LogP) is 0.0973. The summed E-state index contributed by atoms with van der Waals surface area (Å²) in [6, 6.07) is 1.13. The molecule has 1 aliphatic rings. The third-order valence-corrected chi connectivity index (χ3v) is 2.22. The quantitative estimate of drug-likeness (QED) is 0.515. The van der Waals surface area contributed by atoms with Crippen LogP contribution in [0.15, 0.2) is 0 Å². The van der Waals surface area contributed by atoms with Crippen LogP contribution in [0.1, 0.15) is 26.7 Å². The first-order chi connectivity index (χ1) is 5.68. The fraction of sp³-hybridized carbons (Fsp3) is 1.00. The maximum atomic E-state index is 9.01. The van der Waals surface area contributed by atoms with Crippen LogP contribution >= 0.6 is 0 Å². The molecule has 3 N–H and O–H groups in total. The molecule has 0 radical (unpaired) electrons. The van der Waals surface area contributed by atoms with Gasteiger partial charge in [-0.05, 0) is 12.8 Å². The van der Waals surface area contributed by atoms with Crippen molar-refractivity contribution in [3.8, 4) is 0 Å². The largest absolute Gasteiger partial charge is 0.393 e. The molecule has 3 heteroatoms. The fourth-order valence-electron chi connectivity index (χ4n) is 1.39. The van der Waals surface area contributed by atoms with Crippen molar-refractivity contribution in [3.63, 3.8) is 0 Å². The van der Waals surface area contributed by atoms with E-state index in [1.165, 1.54) is 0 Å². The van der Waals surface area contributed by atoms with E-state index in [2.05, 4.69) is 24.5 Å². The molecule has 0 atom stereocenters. The van der Waals surface area contributed by atoms with E-state index in [0.717, 1.165) is 25.9 Å². The Morgan fingerprint density at radius 2 is 2.00 bits per heavy atom. The standard InChI is InChI=1S/C9H20N2O/c1-7(2)10-3-4-11-8-5-9(12)6-8/h7-12H,3-6H2,1-2H3/t8-,9+. The van der Waals surface area contributed by atoms with Gasteiger partial charge in [0.15, 0.2) is 0 Å². The van der Waals surface area contributed by atoms with Crippen molar-refractivity contribution in [2.24, 2.45) is 0 Å². The lowest BCUT2D eigenvalue weighted by Crippen LogP contribution is -2.46. The third-order valence-electron chi connectivity index (χ3n) is 2.22. The maximum Gasteiger partial charge on any atom is 0.0570 e. The molecule has 0 heterocycles. The highest BCUT2D eigenvalue weighted by Gasteiger charge is 2.25. The number of aliphatic hydroxyl groups is 1. The molecule has 3 nitrogen and oxygen atoms in total. The van der Waals surface area contributed by atoms with Gasteiger partial charge in [-0.2, -0.15) is 0 Å². The Morgan fingerprint density at radius 1 is 1.33 bits per heavy atom. The minimum atomic E-state index is -0.0412. The smallest absolute Gasteiger partial charge is 0.0570 e. The molecule has 0 aromatic rings. The molecule has 0 aromatic carbocycles. The maximum absolute atomic E-state index is 9.01. The Balaban J connectivity index is 1.83. The van der Waals surface area contributed by atoms with Crippen LogP contribution < -0.4 is 10.6 Å². The third kappa shape index (κ3) is 3.52. The monoisotopic (exact) mass is 172 g/mol. The van der Waals surface area contributed by atoms with E-state index < -0.39 is 0 Å². The molecule has 72 valence electrons. The summed E-state index contributed by atoms with van der Waals surface area (Å²) in [4.78, 5) is 0. The van der Waals surface area contributed by atoms with Gasteiger partial charge < -0.3 is 15.7 Å². The van der Waals surface area contributed by atoms with Gasteiger partial charge in [0.1, 0.15) is 0 Å². The van der Waals surface area contributed by atoms with Crippen molar-refractivity contribution < 1.29 is 5.11 Å². The lowest BCUT2D eigenvalue weighted by molar-refractivity contribution is 0.0628. The Kier molecular flexibility index (Phi) is 3.98. The van der Waals surface area contributed by atoms with Crippen LogP contribution in [0, 0.1) is 0 Å². The number of aliphatic hydroxyl groups excluding tert-OH is 1. The van der Waals surface area contributed by atoms with Crippen LogP contribution in [0.25, 0.3) is 0 Å². The summed E-state index contributed by atoms with van der Waals surface area (Å²) in [5, 5.41) is 15.7. The first-order valence-electron chi connectivity index (χ1n) is 4.83. The zero-order chi connectivity index (χ0) is 8.97. The predicted molar refractivity (Wildman–Crippen MR) is 50.2 cm³/mol. The summed E-state index contributed by atoms with van der Waals surface area (Å²) in [7, 11) is 0. The van der Waals surface area contributed by atoms with Crippen molar-refractivity contribution in [2.75, 3.05) is 13.1 Å². The van der Waals surface area contributed by atoms with Gasteiger partial charge in [0, 0.05) is 25.2 Å². The van der Waals surface area contributed by atoms with E-state index in [-0.39, 0.29) is 6.10 Å². The minimum Gasteiger partial charge on any atom is -0.393 e. The van der Waals surface area contributed by atoms with Crippen molar-refractivity contribution in [3.05, 3.63) is 0 Å². The van der Waals surface area contributed by atoms with Gasteiger partial charge in [0.25, 0.3) is 0 Å². The Bertz CT molecular complexity index is 122. The molecule has 0 unspecified atom stereocenters. The van der Waals surface area contributed by atoms with Gasteiger partial charge in [-0.15, -0.1) is 0 Å². The summed E-state index contributed by atoms with van der Waals surface area (Å²) in [6.45, 7) is 6.32. The summed E-state index contributed by atoms with van der Waals surface area (Å²) in [6.07, 6.45) is 1.82. The van der Waals surface area contributed by atoms with Gasteiger partial charge in [-0.25, -0.2) is 0 Å². The van der Waals surface area contributed by atoms with Crippen molar-refractivity contribution in [2.45, 2.75) is 44.9 Å². The second-order valence-corrected chi connectivity index (χ2v) is 3.89. The molecular formula is C9H20N2O. The highest BCUT2D eigenvalue weighted by atomic mass is 16.3. The van der Waals surface area contributed by atoms with E-state index in [9.17, 15) is 0 Å². The normalized spacial score (nSPS) is 29.0. The Morgan fingerprint density at radius 3 is 2.50 bits per heavy atom. The van der Waals surface area contributed by atoms with Crippen LogP contribution in [0.2, 0.25) is 0 Å². The summed E-state index contributed by atoms with van der Waals surface area (Å²) in [5.41, 5.74) is 0. The fourth-order valence-corrected chi connectivity index (χ4v) is 1.39. The zero-order valence-electron chi connectivity index (χ0n) is 8.01. The topological polar surface area (TPSA) is 44.3 Å². The van der Waals surface area contributed by atoms with E-state index in [4.69, 9.17) is 5.11 Å². The minimum absolute atomic E-state index is 0.0412. The lowest BCUT2D eigenvalue weighted by atomic mass is 9.90. The Hall–Kier alpha value is -0.120. The summed E-state index contributed by atoms with van der Waals surface area (Å²) < 4.78 is 0. The van der Waals surface area contributed by atoms with E-state index in [1.54, 1.807) is 0 Å². The van der Waals surface area contributed by atoms with E-state index in [1.807, 2.05) is 0 Å². The SMILES string of the molecule is CC(C)NCCN[C@H]1C[C@@H](O)C1. The number of hydrogen-bond acceptors (Lipinski definition) is 3. The van der Waals surface area contributed by atoms with E-state index in [0.29, 0.717) is 12.1 Å². The molecule has 0 saturated heterocycles. The molecule has 1 aliphatic carbocycles. The average Bonchev–Trinajstić information content (AvgIpc) is 1.93. The first kappa shape index (κ1) is 9.96. The molecule has 1 saturated carbocycles. The van der Waals surface area contributed by atoms with Crippen LogP contribution in [-0.4, -0.2) is 36.4 Å². The zero-order valence-corrected chi connectivity index (χ0v) is 8.01. The van der Waals surface area contributed by atoms with E-state index >= 15 is 0 Å². The number of nitrogens with one attached hydrogen (secondary N) is 2. The van der Waals surface area contributed by atoms with Crippen LogP contribution in [-0.2, 0) is 0 Å². The van der Waals surface area contributed by atoms with Crippen molar-refractivity contribution in [1.29, 1.82) is 0 Å². The number of rotatable bonds is 5. The van der Waals surface area contributed by atoms with Crippen LogP contribution in [0.4, 0.5) is 0 Å². The molecule has 1 rings (SSSR count). The molecule has 0 amide bonds. The molecule has 0 spiro atoms. The molecule has 0 aromatic heterocycles. The second-order valence-electron chi connectivity index (χ2n) is 3.89. The highest BCUT2D eigenvalue weighted by molar-refractivity contribution is 4.84. The van der Waals surface area contributed by atoms with Gasteiger partial charge in [0.05, 0.1) is 6.10 Å². The highest BCUT2D eigenvalue weighted by Crippen LogP contribution is 2.18.